The van der Waals surface area contributed by atoms with Gasteiger partial charge in [-0.1, -0.05) is 0 Å². The molecule has 0 spiro atoms. The number of anilines is 1. The van der Waals surface area contributed by atoms with Gasteiger partial charge in [-0.3, -0.25) is 9.69 Å². The van der Waals surface area contributed by atoms with Gasteiger partial charge in [0.25, 0.3) is 0 Å². The molecule has 2 heterocycles. The number of aromatic carboxylic acids is 1. The molecular weight excluding hydrogens is 222 g/mol. The van der Waals surface area contributed by atoms with Crippen LogP contribution in [0.25, 0.3) is 0 Å². The summed E-state index contributed by atoms with van der Waals surface area (Å²) in [4.78, 5) is 23.6. The van der Waals surface area contributed by atoms with E-state index in [1.165, 1.54) is 17.0 Å². The number of carbonyl (C=O) groups excluding carboxylic acids is 1. The third-order valence-corrected chi connectivity index (χ3v) is 2.51. The lowest BCUT2D eigenvalue weighted by Gasteiger charge is -2.13. The standard InChI is InChI=1S/C11H9N3O3/c1-2-7-5-10(15)14(6-7)9-4-3-8(11(16)17)12-13-9/h1,3-4,7H,5-6H2,(H,16,17). The molecule has 0 radical (unpaired) electrons. The summed E-state index contributed by atoms with van der Waals surface area (Å²) in [7, 11) is 0. The Kier molecular flexibility index (Phi) is 2.75. The summed E-state index contributed by atoms with van der Waals surface area (Å²) in [6, 6.07) is 2.76. The molecule has 1 atom stereocenters. The molecule has 1 fully saturated rings. The molecule has 0 saturated carbocycles. The second-order valence-corrected chi connectivity index (χ2v) is 3.65. The van der Waals surface area contributed by atoms with E-state index in [-0.39, 0.29) is 17.5 Å². The van der Waals surface area contributed by atoms with Crippen LogP contribution in [0.2, 0.25) is 0 Å². The predicted octanol–water partition coefficient (Wildman–Crippen LogP) is 0.161. The second kappa shape index (κ2) is 4.22. The molecule has 0 aromatic carbocycles. The second-order valence-electron chi connectivity index (χ2n) is 3.65. The van der Waals surface area contributed by atoms with E-state index in [9.17, 15) is 9.59 Å². The highest BCUT2D eigenvalue weighted by molar-refractivity contribution is 5.95. The van der Waals surface area contributed by atoms with E-state index < -0.39 is 5.97 Å². The van der Waals surface area contributed by atoms with Crippen LogP contribution in [-0.4, -0.2) is 33.7 Å². The fourth-order valence-corrected chi connectivity index (χ4v) is 1.62. The van der Waals surface area contributed by atoms with E-state index in [1.54, 1.807) is 0 Å². The van der Waals surface area contributed by atoms with Crippen molar-refractivity contribution in [3.8, 4) is 12.3 Å². The average molecular weight is 231 g/mol. The van der Waals surface area contributed by atoms with Gasteiger partial charge in [-0.2, -0.15) is 0 Å². The average Bonchev–Trinajstić information content (AvgIpc) is 2.71. The van der Waals surface area contributed by atoms with E-state index >= 15 is 0 Å². The van der Waals surface area contributed by atoms with Gasteiger partial charge in [0.2, 0.25) is 5.91 Å². The van der Waals surface area contributed by atoms with Crippen LogP contribution in [0.15, 0.2) is 12.1 Å². The number of amides is 1. The lowest BCUT2D eigenvalue weighted by Crippen LogP contribution is -2.26. The summed E-state index contributed by atoms with van der Waals surface area (Å²) in [6.45, 7) is 0.399. The molecule has 0 aliphatic carbocycles. The minimum atomic E-state index is -1.15. The fraction of sp³-hybridized carbons (Fsp3) is 0.273. The Labute approximate surface area is 97.3 Å². The van der Waals surface area contributed by atoms with Crippen LogP contribution in [0.1, 0.15) is 16.9 Å². The van der Waals surface area contributed by atoms with Gasteiger partial charge in [0.05, 0.1) is 0 Å². The molecular formula is C11H9N3O3. The number of rotatable bonds is 2. The van der Waals surface area contributed by atoms with Gasteiger partial charge in [0, 0.05) is 18.9 Å². The predicted molar refractivity (Wildman–Crippen MR) is 58.3 cm³/mol. The van der Waals surface area contributed by atoms with Gasteiger partial charge in [-0.05, 0) is 12.1 Å². The minimum absolute atomic E-state index is 0.120. The molecule has 1 amide bonds. The van der Waals surface area contributed by atoms with Crippen LogP contribution < -0.4 is 4.90 Å². The van der Waals surface area contributed by atoms with Crippen molar-refractivity contribution in [1.82, 2.24) is 10.2 Å². The molecule has 1 aromatic rings. The molecule has 0 bridgehead atoms. The summed E-state index contributed by atoms with van der Waals surface area (Å²) in [5.41, 5.74) is -0.158. The quantitative estimate of drug-likeness (QED) is 0.733. The molecule has 6 nitrogen and oxygen atoms in total. The Morgan fingerprint density at radius 2 is 2.29 bits per heavy atom. The first-order valence-electron chi connectivity index (χ1n) is 4.95. The Hall–Kier alpha value is -2.42. The first kappa shape index (κ1) is 11.1. The SMILES string of the molecule is C#CC1CC(=O)N(c2ccc(C(=O)O)nn2)C1. The fourth-order valence-electron chi connectivity index (χ4n) is 1.62. The van der Waals surface area contributed by atoms with Gasteiger partial charge in [-0.15, -0.1) is 22.5 Å². The van der Waals surface area contributed by atoms with Crippen molar-refractivity contribution >= 4 is 17.7 Å². The number of terminal acetylenes is 1. The third-order valence-electron chi connectivity index (χ3n) is 2.51. The zero-order valence-electron chi connectivity index (χ0n) is 8.83. The number of carboxylic acids is 1. The smallest absolute Gasteiger partial charge is 0.356 e. The third kappa shape index (κ3) is 2.08. The zero-order chi connectivity index (χ0) is 12.4. The van der Waals surface area contributed by atoms with E-state index in [0.717, 1.165) is 0 Å². The Bertz CT molecular complexity index is 504. The maximum absolute atomic E-state index is 11.6. The summed E-state index contributed by atoms with van der Waals surface area (Å²) in [5, 5.41) is 15.9. The van der Waals surface area contributed by atoms with E-state index in [2.05, 4.69) is 16.1 Å². The first-order chi connectivity index (χ1) is 8.11. The Morgan fingerprint density at radius 1 is 1.53 bits per heavy atom. The molecule has 1 aromatic heterocycles. The number of aromatic nitrogens is 2. The van der Waals surface area contributed by atoms with Crippen molar-refractivity contribution in [2.24, 2.45) is 5.92 Å². The number of carboxylic acid groups (broad SMARTS) is 1. The van der Waals surface area contributed by atoms with Crippen LogP contribution in [0.5, 0.6) is 0 Å². The summed E-state index contributed by atoms with van der Waals surface area (Å²) in [5.74, 6) is 1.45. The molecule has 1 N–H and O–H groups in total. The van der Waals surface area contributed by atoms with Gasteiger partial charge in [0.1, 0.15) is 0 Å². The number of hydrogen-bond donors (Lipinski definition) is 1. The molecule has 1 unspecified atom stereocenters. The number of carbonyl (C=O) groups is 2. The lowest BCUT2D eigenvalue weighted by molar-refractivity contribution is -0.117. The molecule has 17 heavy (non-hydrogen) atoms. The van der Waals surface area contributed by atoms with Gasteiger partial charge >= 0.3 is 5.97 Å². The summed E-state index contributed by atoms with van der Waals surface area (Å²) < 4.78 is 0. The monoisotopic (exact) mass is 231 g/mol. The highest BCUT2D eigenvalue weighted by Crippen LogP contribution is 2.22. The van der Waals surface area contributed by atoms with Crippen molar-refractivity contribution in [2.75, 3.05) is 11.4 Å². The Balaban J connectivity index is 2.21. The first-order valence-corrected chi connectivity index (χ1v) is 4.95. The maximum Gasteiger partial charge on any atom is 0.356 e. The van der Waals surface area contributed by atoms with E-state index in [4.69, 9.17) is 11.5 Å². The summed E-state index contributed by atoms with van der Waals surface area (Å²) in [6.07, 6.45) is 5.55. The topological polar surface area (TPSA) is 83.4 Å². The Morgan fingerprint density at radius 3 is 2.76 bits per heavy atom. The molecule has 1 saturated heterocycles. The normalized spacial score (nSPS) is 19.1. The van der Waals surface area contributed by atoms with Crippen LogP contribution in [-0.2, 0) is 4.79 Å². The van der Waals surface area contributed by atoms with Crippen molar-refractivity contribution in [3.63, 3.8) is 0 Å². The largest absolute Gasteiger partial charge is 0.476 e. The van der Waals surface area contributed by atoms with Crippen LogP contribution in [0, 0.1) is 18.3 Å². The maximum atomic E-state index is 11.6. The van der Waals surface area contributed by atoms with Gasteiger partial charge < -0.3 is 5.11 Å². The molecule has 1 aliphatic heterocycles. The number of nitrogens with zero attached hydrogens (tertiary/aromatic N) is 3. The van der Waals surface area contributed by atoms with Crippen LogP contribution in [0.3, 0.4) is 0 Å². The highest BCUT2D eigenvalue weighted by atomic mass is 16.4. The molecule has 86 valence electrons. The van der Waals surface area contributed by atoms with E-state index in [0.29, 0.717) is 18.8 Å². The van der Waals surface area contributed by atoms with Crippen molar-refractivity contribution in [1.29, 1.82) is 0 Å². The minimum Gasteiger partial charge on any atom is -0.476 e. The summed E-state index contributed by atoms with van der Waals surface area (Å²) >= 11 is 0. The van der Waals surface area contributed by atoms with Crippen molar-refractivity contribution in [3.05, 3.63) is 17.8 Å². The molecule has 2 rings (SSSR count). The van der Waals surface area contributed by atoms with Crippen molar-refractivity contribution < 1.29 is 14.7 Å². The van der Waals surface area contributed by atoms with E-state index in [1.807, 2.05) is 0 Å². The van der Waals surface area contributed by atoms with Gasteiger partial charge in [0.15, 0.2) is 11.5 Å². The number of hydrogen-bond acceptors (Lipinski definition) is 4. The van der Waals surface area contributed by atoms with Crippen LogP contribution >= 0.6 is 0 Å². The lowest BCUT2D eigenvalue weighted by atomic mass is 10.1. The van der Waals surface area contributed by atoms with Crippen molar-refractivity contribution in [2.45, 2.75) is 6.42 Å². The highest BCUT2D eigenvalue weighted by Gasteiger charge is 2.30. The van der Waals surface area contributed by atoms with Gasteiger partial charge in [-0.25, -0.2) is 4.79 Å². The zero-order valence-corrected chi connectivity index (χ0v) is 8.83. The van der Waals surface area contributed by atoms with Crippen LogP contribution in [0.4, 0.5) is 5.82 Å². The molecule has 6 heteroatoms. The molecule has 1 aliphatic rings.